The van der Waals surface area contributed by atoms with E-state index < -0.39 is 34.8 Å². The zero-order chi connectivity index (χ0) is 24.1. The lowest BCUT2D eigenvalue weighted by Crippen LogP contribution is -2.37. The maximum Gasteiger partial charge on any atom is 0.269 e. The van der Waals surface area contributed by atoms with Crippen LogP contribution in [0.2, 0.25) is 5.02 Å². The van der Waals surface area contributed by atoms with Crippen LogP contribution in [0.5, 0.6) is 0 Å². The molecule has 2 aliphatic heterocycles. The number of hydrogen-bond donors (Lipinski definition) is 0. The van der Waals surface area contributed by atoms with E-state index in [9.17, 15) is 19.7 Å². The summed E-state index contributed by atoms with van der Waals surface area (Å²) in [6.07, 6.45) is -1.09. The van der Waals surface area contributed by atoms with Crippen LogP contribution in [0.4, 0.5) is 17.1 Å². The number of halogens is 1. The molecule has 2 saturated heterocycles. The number of nitrogens with zero attached hydrogens (tertiary/aromatic N) is 3. The summed E-state index contributed by atoms with van der Waals surface area (Å²) >= 11 is 6.49. The molecule has 0 spiro atoms. The van der Waals surface area contributed by atoms with Gasteiger partial charge in [-0.25, -0.2) is 9.96 Å². The molecule has 9 heteroatoms. The summed E-state index contributed by atoms with van der Waals surface area (Å²) in [6.45, 7) is 3.77. The number of aryl methyl sites for hydroxylation is 2. The molecular formula is C25H20ClN3O5. The monoisotopic (exact) mass is 477 g/mol. The van der Waals surface area contributed by atoms with E-state index in [0.717, 1.165) is 16.0 Å². The second-order valence-electron chi connectivity index (χ2n) is 8.42. The predicted octanol–water partition coefficient (Wildman–Crippen LogP) is 4.92. The maximum atomic E-state index is 13.7. The Morgan fingerprint density at radius 3 is 2.38 bits per heavy atom. The van der Waals surface area contributed by atoms with E-state index in [1.54, 1.807) is 30.3 Å². The van der Waals surface area contributed by atoms with E-state index in [4.69, 9.17) is 16.4 Å². The first-order chi connectivity index (χ1) is 16.3. The molecule has 5 rings (SSSR count). The molecule has 0 unspecified atom stereocenters. The molecule has 0 aromatic heterocycles. The number of rotatable bonds is 4. The maximum absolute atomic E-state index is 13.7. The number of nitro groups is 1. The Morgan fingerprint density at radius 1 is 0.971 bits per heavy atom. The van der Waals surface area contributed by atoms with Crippen LogP contribution in [0, 0.1) is 29.9 Å². The highest BCUT2D eigenvalue weighted by Gasteiger charge is 2.60. The molecule has 2 fully saturated rings. The van der Waals surface area contributed by atoms with E-state index >= 15 is 0 Å². The van der Waals surface area contributed by atoms with Crippen LogP contribution in [0.3, 0.4) is 0 Å². The molecule has 0 saturated carbocycles. The molecule has 2 heterocycles. The third-order valence-corrected chi connectivity index (χ3v) is 6.57. The van der Waals surface area contributed by atoms with E-state index in [-0.39, 0.29) is 10.7 Å². The Morgan fingerprint density at radius 2 is 1.71 bits per heavy atom. The summed E-state index contributed by atoms with van der Waals surface area (Å²) in [7, 11) is 0. The normalized spacial score (nSPS) is 21.8. The number of non-ortho nitro benzene ring substituents is 1. The van der Waals surface area contributed by atoms with Crippen LogP contribution in [0.1, 0.15) is 22.7 Å². The van der Waals surface area contributed by atoms with Gasteiger partial charge in [0.1, 0.15) is 5.92 Å². The molecule has 3 aromatic rings. The number of carbonyl (C=O) groups excluding carboxylic acids is 2. The molecule has 3 aromatic carbocycles. The lowest BCUT2D eigenvalue weighted by molar-refractivity contribution is -0.384. The van der Waals surface area contributed by atoms with Gasteiger partial charge >= 0.3 is 0 Å². The number of fused-ring (bicyclic) bond motifs is 1. The van der Waals surface area contributed by atoms with Crippen LogP contribution in [0.25, 0.3) is 0 Å². The van der Waals surface area contributed by atoms with E-state index in [1.807, 2.05) is 32.0 Å². The summed E-state index contributed by atoms with van der Waals surface area (Å²) in [5.41, 5.74) is 3.06. The van der Waals surface area contributed by atoms with E-state index in [2.05, 4.69) is 0 Å². The van der Waals surface area contributed by atoms with E-state index in [0.29, 0.717) is 16.9 Å². The largest absolute Gasteiger partial charge is 0.273 e. The van der Waals surface area contributed by atoms with Gasteiger partial charge in [-0.1, -0.05) is 47.5 Å². The Balaban J connectivity index is 1.64. The Hall–Kier alpha value is -3.75. The molecule has 2 amide bonds. The van der Waals surface area contributed by atoms with Crippen molar-refractivity contribution in [3.63, 3.8) is 0 Å². The molecule has 0 N–H and O–H groups in total. The number of anilines is 2. The number of imide groups is 1. The van der Waals surface area contributed by atoms with Crippen molar-refractivity contribution in [1.29, 1.82) is 0 Å². The fourth-order valence-corrected chi connectivity index (χ4v) is 4.92. The molecule has 2 aliphatic rings. The van der Waals surface area contributed by atoms with Crippen molar-refractivity contribution >= 4 is 40.5 Å². The van der Waals surface area contributed by atoms with Gasteiger partial charge in [0.25, 0.3) is 11.6 Å². The van der Waals surface area contributed by atoms with Gasteiger partial charge in [0.2, 0.25) is 5.91 Å². The standard InChI is InChI=1S/C25H20ClN3O5/c1-14-8-11-20(15(2)12-14)27-24(30)21-22(18-13-17(29(32)33)9-10-19(18)26)28(34-23(21)25(27)31)16-6-4-3-5-7-16/h3-13,21-23H,1-2H3/t21-,22+,23-/m1/s1. The van der Waals surface area contributed by atoms with Crippen molar-refractivity contribution in [3.8, 4) is 0 Å². The third kappa shape index (κ3) is 3.43. The predicted molar refractivity (Wildman–Crippen MR) is 127 cm³/mol. The topological polar surface area (TPSA) is 93.0 Å². The first kappa shape index (κ1) is 22.1. The first-order valence-electron chi connectivity index (χ1n) is 10.7. The number of amides is 2. The zero-order valence-corrected chi connectivity index (χ0v) is 19.1. The number of para-hydroxylation sites is 1. The van der Waals surface area contributed by atoms with Gasteiger partial charge < -0.3 is 0 Å². The fourth-order valence-electron chi connectivity index (χ4n) is 4.69. The molecule has 172 valence electrons. The van der Waals surface area contributed by atoms with Gasteiger partial charge in [-0.05, 0) is 43.7 Å². The molecular weight excluding hydrogens is 458 g/mol. The molecule has 0 radical (unpaired) electrons. The molecule has 3 atom stereocenters. The Kier molecular flexibility index (Phi) is 5.34. The van der Waals surface area contributed by atoms with E-state index in [1.165, 1.54) is 23.3 Å². The average molecular weight is 478 g/mol. The second kappa shape index (κ2) is 8.23. The van der Waals surface area contributed by atoms with Crippen molar-refractivity contribution < 1.29 is 19.3 Å². The van der Waals surface area contributed by atoms with Crippen molar-refractivity contribution in [1.82, 2.24) is 0 Å². The highest BCUT2D eigenvalue weighted by Crippen LogP contribution is 2.49. The third-order valence-electron chi connectivity index (χ3n) is 6.23. The fraction of sp³-hybridized carbons (Fsp3) is 0.200. The van der Waals surface area contributed by atoms with Crippen LogP contribution in [-0.4, -0.2) is 22.8 Å². The van der Waals surface area contributed by atoms with Gasteiger partial charge in [-0.3, -0.25) is 24.5 Å². The van der Waals surface area contributed by atoms with Crippen LogP contribution in [0.15, 0.2) is 66.7 Å². The minimum atomic E-state index is -1.09. The van der Waals surface area contributed by atoms with Crippen LogP contribution < -0.4 is 9.96 Å². The number of benzene rings is 3. The summed E-state index contributed by atoms with van der Waals surface area (Å²) in [5, 5.41) is 13.2. The minimum absolute atomic E-state index is 0.168. The second-order valence-corrected chi connectivity index (χ2v) is 8.83. The first-order valence-corrected chi connectivity index (χ1v) is 11.1. The smallest absolute Gasteiger partial charge is 0.269 e. The Labute approximate surface area is 200 Å². The SMILES string of the molecule is Cc1ccc(N2C(=O)[C@H]3[C@@H](ON(c4ccccc4)[C@H]3c3cc([N+](=O)[O-])ccc3Cl)C2=O)c(C)c1. The zero-order valence-electron chi connectivity index (χ0n) is 18.3. The van der Waals surface area contributed by atoms with Crippen LogP contribution in [-0.2, 0) is 14.4 Å². The van der Waals surface area contributed by atoms with Gasteiger partial charge in [0.05, 0.1) is 22.3 Å². The quantitative estimate of drug-likeness (QED) is 0.301. The van der Waals surface area contributed by atoms with Crippen molar-refractivity contribution in [2.75, 3.05) is 9.96 Å². The number of carbonyl (C=O) groups is 2. The molecule has 34 heavy (non-hydrogen) atoms. The number of hydrogen-bond acceptors (Lipinski definition) is 6. The molecule has 0 aliphatic carbocycles. The lowest BCUT2D eigenvalue weighted by atomic mass is 9.90. The highest BCUT2D eigenvalue weighted by molar-refractivity contribution is 6.31. The summed E-state index contributed by atoms with van der Waals surface area (Å²) in [6, 6.07) is 17.7. The van der Waals surface area contributed by atoms with Crippen molar-refractivity contribution in [2.24, 2.45) is 5.92 Å². The van der Waals surface area contributed by atoms with Crippen molar-refractivity contribution in [3.05, 3.63) is 98.6 Å². The number of hydroxylamine groups is 1. The highest BCUT2D eigenvalue weighted by atomic mass is 35.5. The minimum Gasteiger partial charge on any atom is -0.273 e. The van der Waals surface area contributed by atoms with Gasteiger partial charge in [0, 0.05) is 22.7 Å². The van der Waals surface area contributed by atoms with Gasteiger partial charge in [-0.15, -0.1) is 0 Å². The average Bonchev–Trinajstić information content (AvgIpc) is 3.31. The molecule has 0 bridgehead atoms. The summed E-state index contributed by atoms with van der Waals surface area (Å²) in [5.74, 6) is -1.85. The molecule has 8 nitrogen and oxygen atoms in total. The summed E-state index contributed by atoms with van der Waals surface area (Å²) in [4.78, 5) is 45.4. The Bertz CT molecular complexity index is 1330. The van der Waals surface area contributed by atoms with Gasteiger partial charge in [-0.2, -0.15) is 0 Å². The van der Waals surface area contributed by atoms with Crippen LogP contribution >= 0.6 is 11.6 Å². The number of nitro benzene ring substituents is 1. The van der Waals surface area contributed by atoms with Crippen molar-refractivity contribution in [2.45, 2.75) is 26.0 Å². The van der Waals surface area contributed by atoms with Gasteiger partial charge in [0.15, 0.2) is 6.10 Å². The summed E-state index contributed by atoms with van der Waals surface area (Å²) < 4.78 is 0. The lowest BCUT2D eigenvalue weighted by Gasteiger charge is -2.29.